The molecule has 3 heterocycles. The first kappa shape index (κ1) is 15.2. The van der Waals surface area contributed by atoms with Crippen LogP contribution in [0.3, 0.4) is 0 Å². The van der Waals surface area contributed by atoms with Crippen molar-refractivity contribution in [3.63, 3.8) is 0 Å². The second-order valence-corrected chi connectivity index (χ2v) is 5.42. The third-order valence-corrected chi connectivity index (χ3v) is 3.54. The first-order valence-corrected chi connectivity index (χ1v) is 7.61. The quantitative estimate of drug-likeness (QED) is 0.759. The second kappa shape index (κ2) is 6.27. The minimum Gasteiger partial charge on any atom is -0.485 e. The number of nitrogens with zero attached hydrogens (tertiary/aromatic N) is 3. The highest BCUT2D eigenvalue weighted by molar-refractivity contribution is 5.81. The summed E-state index contributed by atoms with van der Waals surface area (Å²) >= 11 is 0. The molecule has 128 valence electrons. The van der Waals surface area contributed by atoms with Crippen LogP contribution in [0.2, 0.25) is 0 Å². The zero-order valence-corrected chi connectivity index (χ0v) is 13.3. The molecule has 0 saturated heterocycles. The van der Waals surface area contributed by atoms with Crippen LogP contribution in [0.15, 0.2) is 39.4 Å². The number of nitrogens with one attached hydrogen (secondary N) is 1. The molecule has 9 nitrogen and oxygen atoms in total. The first-order valence-electron chi connectivity index (χ1n) is 7.61. The molecule has 0 fully saturated rings. The highest BCUT2D eigenvalue weighted by atomic mass is 16.6. The van der Waals surface area contributed by atoms with Crippen molar-refractivity contribution in [3.8, 4) is 23.0 Å². The van der Waals surface area contributed by atoms with Crippen LogP contribution in [-0.2, 0) is 11.3 Å². The van der Waals surface area contributed by atoms with Crippen LogP contribution in [0.25, 0.3) is 11.5 Å². The summed E-state index contributed by atoms with van der Waals surface area (Å²) in [6.45, 7) is 1.97. The predicted molar refractivity (Wildman–Crippen MR) is 82.7 cm³/mol. The number of aryl methyl sites for hydroxylation is 1. The fourth-order valence-corrected chi connectivity index (χ4v) is 2.33. The number of aromatic nitrogens is 3. The van der Waals surface area contributed by atoms with E-state index in [1.54, 1.807) is 25.1 Å². The normalized spacial score (nSPS) is 15.8. The minimum atomic E-state index is -0.740. The van der Waals surface area contributed by atoms with E-state index in [1.165, 1.54) is 0 Å². The summed E-state index contributed by atoms with van der Waals surface area (Å²) in [6, 6.07) is 8.88. The minimum absolute atomic E-state index is 0.0736. The van der Waals surface area contributed by atoms with Crippen LogP contribution in [0.5, 0.6) is 11.5 Å². The molecule has 1 N–H and O–H groups in total. The molecule has 0 radical (unpaired) electrons. The molecule has 25 heavy (non-hydrogen) atoms. The molecule has 1 atom stereocenters. The summed E-state index contributed by atoms with van der Waals surface area (Å²) in [5, 5.41) is 10.3. The van der Waals surface area contributed by atoms with Gasteiger partial charge in [-0.3, -0.25) is 4.79 Å². The Kier molecular flexibility index (Phi) is 3.81. The first-order chi connectivity index (χ1) is 12.2. The lowest BCUT2D eigenvalue weighted by molar-refractivity contribution is -0.130. The Balaban J connectivity index is 1.36. The van der Waals surface area contributed by atoms with Gasteiger partial charge in [0, 0.05) is 6.07 Å². The topological polar surface area (TPSA) is 113 Å². The zero-order chi connectivity index (χ0) is 17.2. The molecule has 1 aliphatic rings. The molecule has 2 aromatic heterocycles. The standard InChI is InChI=1S/C16H14N4O5/c1-9-6-10(19-24-9)15-18-14(25-20-15)7-17-16(21)13-8-22-11-4-2-3-5-12(11)23-13/h2-6,13H,7-8H2,1H3,(H,17,21). The van der Waals surface area contributed by atoms with E-state index in [4.69, 9.17) is 18.5 Å². The molecule has 1 aliphatic heterocycles. The number of hydrogen-bond acceptors (Lipinski definition) is 8. The summed E-state index contributed by atoms with van der Waals surface area (Å²) in [6.07, 6.45) is -0.740. The van der Waals surface area contributed by atoms with E-state index in [0.29, 0.717) is 28.8 Å². The van der Waals surface area contributed by atoms with Crippen LogP contribution in [0, 0.1) is 6.92 Å². The number of ether oxygens (including phenoxy) is 2. The Morgan fingerprint density at radius 3 is 2.88 bits per heavy atom. The maximum Gasteiger partial charge on any atom is 0.265 e. The van der Waals surface area contributed by atoms with Crippen molar-refractivity contribution in [2.45, 2.75) is 19.6 Å². The van der Waals surface area contributed by atoms with E-state index >= 15 is 0 Å². The monoisotopic (exact) mass is 342 g/mol. The summed E-state index contributed by atoms with van der Waals surface area (Å²) < 4.78 is 21.2. The molecule has 0 saturated carbocycles. The van der Waals surface area contributed by atoms with Crippen molar-refractivity contribution >= 4 is 5.91 Å². The van der Waals surface area contributed by atoms with Crippen molar-refractivity contribution < 1.29 is 23.3 Å². The molecule has 0 spiro atoms. The maximum absolute atomic E-state index is 12.2. The van der Waals surface area contributed by atoms with Crippen molar-refractivity contribution in [2.75, 3.05) is 6.61 Å². The second-order valence-electron chi connectivity index (χ2n) is 5.42. The van der Waals surface area contributed by atoms with Gasteiger partial charge in [0.2, 0.25) is 17.8 Å². The molecular weight excluding hydrogens is 328 g/mol. The zero-order valence-electron chi connectivity index (χ0n) is 13.3. The van der Waals surface area contributed by atoms with Crippen molar-refractivity contribution in [1.29, 1.82) is 0 Å². The Morgan fingerprint density at radius 2 is 2.08 bits per heavy atom. The maximum atomic E-state index is 12.2. The highest BCUT2D eigenvalue weighted by Crippen LogP contribution is 2.30. The molecule has 1 amide bonds. The van der Waals surface area contributed by atoms with E-state index in [0.717, 1.165) is 0 Å². The van der Waals surface area contributed by atoms with E-state index < -0.39 is 6.10 Å². The van der Waals surface area contributed by atoms with Crippen molar-refractivity contribution in [1.82, 2.24) is 20.6 Å². The molecule has 0 bridgehead atoms. The fraction of sp³-hybridized carbons (Fsp3) is 0.250. The molecular formula is C16H14N4O5. The van der Waals surface area contributed by atoms with Gasteiger partial charge in [0.25, 0.3) is 5.91 Å². The number of benzene rings is 1. The summed E-state index contributed by atoms with van der Waals surface area (Å²) in [5.41, 5.74) is 0.472. The lowest BCUT2D eigenvalue weighted by Gasteiger charge is -2.25. The van der Waals surface area contributed by atoms with Crippen LogP contribution in [-0.4, -0.2) is 33.9 Å². The number of carbonyl (C=O) groups is 1. The van der Waals surface area contributed by atoms with Gasteiger partial charge in [-0.1, -0.05) is 22.4 Å². The van der Waals surface area contributed by atoms with Crippen molar-refractivity contribution in [2.24, 2.45) is 0 Å². The fourth-order valence-electron chi connectivity index (χ4n) is 2.33. The average Bonchev–Trinajstić information content (AvgIpc) is 3.28. The Morgan fingerprint density at radius 1 is 1.24 bits per heavy atom. The molecule has 4 rings (SSSR count). The smallest absolute Gasteiger partial charge is 0.265 e. The van der Waals surface area contributed by atoms with E-state index in [9.17, 15) is 4.79 Å². The summed E-state index contributed by atoms with van der Waals surface area (Å²) in [7, 11) is 0. The number of fused-ring (bicyclic) bond motifs is 1. The summed E-state index contributed by atoms with van der Waals surface area (Å²) in [4.78, 5) is 16.4. The largest absolute Gasteiger partial charge is 0.485 e. The van der Waals surface area contributed by atoms with Crippen LogP contribution in [0.1, 0.15) is 11.7 Å². The Hall–Kier alpha value is -3.36. The number of hydrogen-bond donors (Lipinski definition) is 1. The average molecular weight is 342 g/mol. The third kappa shape index (κ3) is 3.16. The number of amides is 1. The number of carbonyl (C=O) groups excluding carboxylic acids is 1. The molecule has 3 aromatic rings. The Labute approximate surface area is 141 Å². The van der Waals surface area contributed by atoms with Gasteiger partial charge in [0.1, 0.15) is 12.4 Å². The van der Waals surface area contributed by atoms with Crippen molar-refractivity contribution in [3.05, 3.63) is 42.0 Å². The molecule has 0 aliphatic carbocycles. The molecule has 1 unspecified atom stereocenters. The van der Waals surface area contributed by atoms with Gasteiger partial charge in [0.15, 0.2) is 17.2 Å². The third-order valence-electron chi connectivity index (χ3n) is 3.54. The predicted octanol–water partition coefficient (Wildman–Crippen LogP) is 1.49. The lowest BCUT2D eigenvalue weighted by Crippen LogP contribution is -2.43. The van der Waals surface area contributed by atoms with E-state index in [2.05, 4.69) is 20.6 Å². The molecule has 1 aromatic carbocycles. The van der Waals surface area contributed by atoms with Gasteiger partial charge < -0.3 is 23.8 Å². The summed E-state index contributed by atoms with van der Waals surface area (Å²) in [5.74, 6) is 2.02. The van der Waals surface area contributed by atoms with Gasteiger partial charge in [0.05, 0.1) is 6.54 Å². The lowest BCUT2D eigenvalue weighted by atomic mass is 10.2. The highest BCUT2D eigenvalue weighted by Gasteiger charge is 2.27. The number of para-hydroxylation sites is 2. The molecule has 9 heteroatoms. The van der Waals surface area contributed by atoms with Gasteiger partial charge >= 0.3 is 0 Å². The van der Waals surface area contributed by atoms with E-state index in [1.807, 2.05) is 12.1 Å². The van der Waals surface area contributed by atoms with Gasteiger partial charge in [-0.25, -0.2) is 0 Å². The van der Waals surface area contributed by atoms with E-state index in [-0.39, 0.29) is 24.9 Å². The van der Waals surface area contributed by atoms with Crippen LogP contribution in [0.4, 0.5) is 0 Å². The van der Waals surface area contributed by atoms with Gasteiger partial charge in [-0.15, -0.1) is 0 Å². The van der Waals surface area contributed by atoms with Gasteiger partial charge in [-0.05, 0) is 19.1 Å². The van der Waals surface area contributed by atoms with Gasteiger partial charge in [-0.2, -0.15) is 4.98 Å². The van der Waals surface area contributed by atoms with Crippen LogP contribution >= 0.6 is 0 Å². The van der Waals surface area contributed by atoms with Crippen LogP contribution < -0.4 is 14.8 Å². The number of rotatable bonds is 4. The Bertz CT molecular complexity index is 903. The SMILES string of the molecule is Cc1cc(-c2noc(CNC(=O)C3COc4ccccc4O3)n2)no1.